The van der Waals surface area contributed by atoms with E-state index in [2.05, 4.69) is 28.6 Å². The zero-order valence-electron chi connectivity index (χ0n) is 17.9. The molecular formula is C18H31N5O8S. The molecule has 0 spiro atoms. The predicted molar refractivity (Wildman–Crippen MR) is 115 cm³/mol. The van der Waals surface area contributed by atoms with Crippen molar-refractivity contribution in [1.82, 2.24) is 16.0 Å². The number of aliphatic carboxylic acids is 2. The highest BCUT2D eigenvalue weighted by atomic mass is 32.1. The lowest BCUT2D eigenvalue weighted by Gasteiger charge is -2.24. The molecule has 4 atom stereocenters. The Bertz CT molecular complexity index is 717. The Morgan fingerprint density at radius 3 is 1.81 bits per heavy atom. The molecule has 0 aliphatic carbocycles. The zero-order chi connectivity index (χ0) is 25.0. The second-order valence-electron chi connectivity index (χ2n) is 7.54. The molecule has 0 saturated heterocycles. The van der Waals surface area contributed by atoms with Crippen molar-refractivity contribution in [3.05, 3.63) is 0 Å². The second kappa shape index (κ2) is 14.2. The SMILES string of the molecule is CC(C)CC(N)C(=O)NC(CC(=O)O)C(=O)NC(CCC(N)=O)C(=O)NC(CS)C(=O)O. The number of nitrogens with two attached hydrogens (primary N) is 2. The second-order valence-corrected chi connectivity index (χ2v) is 7.91. The number of carbonyl (C=O) groups is 6. The van der Waals surface area contributed by atoms with E-state index in [0.717, 1.165) is 0 Å². The molecule has 0 aromatic heterocycles. The van der Waals surface area contributed by atoms with Crippen LogP contribution in [-0.4, -0.2) is 75.7 Å². The molecule has 0 aliphatic heterocycles. The summed E-state index contributed by atoms with van der Waals surface area (Å²) in [5.74, 6) is -6.46. The van der Waals surface area contributed by atoms with Crippen molar-refractivity contribution in [3.63, 3.8) is 0 Å². The van der Waals surface area contributed by atoms with E-state index in [1.54, 1.807) is 0 Å². The lowest BCUT2D eigenvalue weighted by atomic mass is 10.0. The van der Waals surface area contributed by atoms with Crippen LogP contribution < -0.4 is 27.4 Å². The van der Waals surface area contributed by atoms with Crippen molar-refractivity contribution >= 4 is 48.2 Å². The zero-order valence-corrected chi connectivity index (χ0v) is 18.8. The largest absolute Gasteiger partial charge is 0.481 e. The summed E-state index contributed by atoms with van der Waals surface area (Å²) in [6, 6.07) is -5.35. The Morgan fingerprint density at radius 2 is 1.38 bits per heavy atom. The van der Waals surface area contributed by atoms with Gasteiger partial charge >= 0.3 is 11.9 Å². The first-order chi connectivity index (χ1) is 14.8. The molecule has 14 heteroatoms. The standard InChI is InChI=1S/C18H31N5O8S/c1-8(2)5-9(19)15(27)22-11(6-14(25)26)17(29)21-10(3-4-13(20)24)16(28)23-12(7-32)18(30)31/h8-12,32H,3-7,19H2,1-2H3,(H2,20,24)(H,21,29)(H,22,27)(H,23,28)(H,25,26)(H,30,31). The summed E-state index contributed by atoms with van der Waals surface area (Å²) in [6.45, 7) is 3.65. The number of hydrogen-bond acceptors (Lipinski definition) is 8. The van der Waals surface area contributed by atoms with Crippen LogP contribution in [0.15, 0.2) is 0 Å². The Balaban J connectivity index is 5.49. The fourth-order valence-corrected chi connectivity index (χ4v) is 2.81. The highest BCUT2D eigenvalue weighted by Crippen LogP contribution is 2.05. The summed E-state index contributed by atoms with van der Waals surface area (Å²) in [5, 5.41) is 24.8. The molecular weight excluding hydrogens is 446 g/mol. The lowest BCUT2D eigenvalue weighted by molar-refractivity contribution is -0.143. The number of carboxylic acids is 2. The van der Waals surface area contributed by atoms with E-state index in [0.29, 0.717) is 0 Å². The molecule has 0 saturated carbocycles. The molecule has 4 unspecified atom stereocenters. The number of amides is 4. The summed E-state index contributed by atoms with van der Waals surface area (Å²) >= 11 is 3.82. The summed E-state index contributed by atoms with van der Waals surface area (Å²) in [7, 11) is 0. The highest BCUT2D eigenvalue weighted by Gasteiger charge is 2.31. The van der Waals surface area contributed by atoms with Crippen LogP contribution in [0, 0.1) is 5.92 Å². The molecule has 0 aromatic rings. The van der Waals surface area contributed by atoms with Gasteiger partial charge in [-0.3, -0.25) is 24.0 Å². The van der Waals surface area contributed by atoms with Gasteiger partial charge in [-0.05, 0) is 18.8 Å². The van der Waals surface area contributed by atoms with Gasteiger partial charge in [0.25, 0.3) is 0 Å². The van der Waals surface area contributed by atoms with Gasteiger partial charge in [0.05, 0.1) is 12.5 Å². The number of thiol groups is 1. The van der Waals surface area contributed by atoms with Crippen LogP contribution in [0.3, 0.4) is 0 Å². The third kappa shape index (κ3) is 11.5. The maximum Gasteiger partial charge on any atom is 0.327 e. The van der Waals surface area contributed by atoms with Crippen molar-refractivity contribution in [2.75, 3.05) is 5.75 Å². The van der Waals surface area contributed by atoms with E-state index in [4.69, 9.17) is 21.7 Å². The number of carbonyl (C=O) groups excluding carboxylic acids is 4. The number of nitrogens with one attached hydrogen (secondary N) is 3. The Kier molecular flexibility index (Phi) is 13.0. The normalized spacial score (nSPS) is 14.5. The molecule has 0 heterocycles. The molecule has 32 heavy (non-hydrogen) atoms. The van der Waals surface area contributed by atoms with E-state index in [-0.39, 0.29) is 30.9 Å². The van der Waals surface area contributed by atoms with Gasteiger partial charge in [0.15, 0.2) is 0 Å². The summed E-state index contributed by atoms with van der Waals surface area (Å²) < 4.78 is 0. The Morgan fingerprint density at radius 1 is 0.875 bits per heavy atom. The van der Waals surface area contributed by atoms with Crippen LogP contribution in [0.1, 0.15) is 39.5 Å². The van der Waals surface area contributed by atoms with Crippen LogP contribution in [0.25, 0.3) is 0 Å². The van der Waals surface area contributed by atoms with Gasteiger partial charge in [0, 0.05) is 12.2 Å². The third-order valence-corrected chi connectivity index (χ3v) is 4.55. The van der Waals surface area contributed by atoms with Crippen molar-refractivity contribution in [3.8, 4) is 0 Å². The van der Waals surface area contributed by atoms with Crippen molar-refractivity contribution in [2.45, 2.75) is 63.7 Å². The van der Waals surface area contributed by atoms with Crippen molar-refractivity contribution in [1.29, 1.82) is 0 Å². The summed E-state index contributed by atoms with van der Waals surface area (Å²) in [4.78, 5) is 70.7. The Labute approximate surface area is 190 Å². The van der Waals surface area contributed by atoms with Gasteiger partial charge < -0.3 is 37.6 Å². The quantitative estimate of drug-likeness (QED) is 0.117. The van der Waals surface area contributed by atoms with Crippen LogP contribution >= 0.6 is 12.6 Å². The van der Waals surface area contributed by atoms with Crippen LogP contribution in [0.5, 0.6) is 0 Å². The molecule has 0 aliphatic rings. The molecule has 0 radical (unpaired) electrons. The number of primary amides is 1. The van der Waals surface area contributed by atoms with Gasteiger partial charge in [-0.25, -0.2) is 4.79 Å². The van der Waals surface area contributed by atoms with E-state index in [1.807, 2.05) is 13.8 Å². The molecule has 4 amide bonds. The van der Waals surface area contributed by atoms with E-state index >= 15 is 0 Å². The van der Waals surface area contributed by atoms with Crippen LogP contribution in [-0.2, 0) is 28.8 Å². The lowest BCUT2D eigenvalue weighted by Crippen LogP contribution is -2.57. The smallest absolute Gasteiger partial charge is 0.327 e. The highest BCUT2D eigenvalue weighted by molar-refractivity contribution is 7.80. The predicted octanol–water partition coefficient (Wildman–Crippen LogP) is -2.43. The Hall–Kier alpha value is -2.87. The van der Waals surface area contributed by atoms with Crippen LogP contribution in [0.4, 0.5) is 0 Å². The van der Waals surface area contributed by atoms with Gasteiger partial charge in [-0.2, -0.15) is 12.6 Å². The monoisotopic (exact) mass is 477 g/mol. The van der Waals surface area contributed by atoms with Crippen molar-refractivity contribution in [2.24, 2.45) is 17.4 Å². The minimum absolute atomic E-state index is 0.0680. The average Bonchev–Trinajstić information content (AvgIpc) is 2.66. The average molecular weight is 478 g/mol. The molecule has 182 valence electrons. The van der Waals surface area contributed by atoms with E-state index in [9.17, 15) is 28.8 Å². The van der Waals surface area contributed by atoms with Crippen molar-refractivity contribution < 1.29 is 39.0 Å². The first-order valence-corrected chi connectivity index (χ1v) is 10.4. The first kappa shape index (κ1) is 29.1. The van der Waals surface area contributed by atoms with Crippen LogP contribution in [0.2, 0.25) is 0 Å². The van der Waals surface area contributed by atoms with Gasteiger partial charge in [-0.15, -0.1) is 0 Å². The van der Waals surface area contributed by atoms with Gasteiger partial charge in [0.1, 0.15) is 18.1 Å². The molecule has 0 bridgehead atoms. The van der Waals surface area contributed by atoms with E-state index < -0.39 is 66.2 Å². The molecule has 0 fully saturated rings. The van der Waals surface area contributed by atoms with Gasteiger partial charge in [0.2, 0.25) is 23.6 Å². The minimum atomic E-state index is -1.57. The first-order valence-electron chi connectivity index (χ1n) is 9.78. The minimum Gasteiger partial charge on any atom is -0.481 e. The third-order valence-electron chi connectivity index (χ3n) is 4.18. The molecule has 0 rings (SSSR count). The van der Waals surface area contributed by atoms with Gasteiger partial charge in [-0.1, -0.05) is 13.8 Å². The summed E-state index contributed by atoms with van der Waals surface area (Å²) in [6.07, 6.45) is -1.12. The topological polar surface area (TPSA) is 231 Å². The molecule has 0 aromatic carbocycles. The molecule has 9 N–H and O–H groups in total. The molecule has 13 nitrogen and oxygen atoms in total. The maximum absolute atomic E-state index is 12.7. The fourth-order valence-electron chi connectivity index (χ4n) is 2.56. The number of hydrogen-bond donors (Lipinski definition) is 8. The van der Waals surface area contributed by atoms with E-state index in [1.165, 1.54) is 0 Å². The summed E-state index contributed by atoms with van der Waals surface area (Å²) in [5.41, 5.74) is 10.8. The number of rotatable bonds is 15. The number of carboxylic acid groups (broad SMARTS) is 2. The fraction of sp³-hybridized carbons (Fsp3) is 0.667. The maximum atomic E-state index is 12.7.